The lowest BCUT2D eigenvalue weighted by Crippen LogP contribution is -2.53. The van der Waals surface area contributed by atoms with Crippen molar-refractivity contribution in [2.24, 2.45) is 0 Å². The Hall–Kier alpha value is -0.805. The molecule has 0 radical (unpaired) electrons. The Morgan fingerprint density at radius 2 is 1.00 bits per heavy atom. The van der Waals surface area contributed by atoms with Crippen LogP contribution in [0.5, 0.6) is 0 Å². The van der Waals surface area contributed by atoms with E-state index in [1.54, 1.807) is 0 Å². The molecule has 0 saturated carbocycles. The molecule has 1 aliphatic heterocycles. The number of nitrogens with one attached hydrogen (secondary N) is 1. The summed E-state index contributed by atoms with van der Waals surface area (Å²) in [6.45, 7) is 7.05. The van der Waals surface area contributed by atoms with Gasteiger partial charge in [0.05, 0.1) is 18.8 Å². The van der Waals surface area contributed by atoms with E-state index in [0.29, 0.717) is 13.0 Å². The van der Waals surface area contributed by atoms with Gasteiger partial charge in [-0.25, -0.2) is 0 Å². The summed E-state index contributed by atoms with van der Waals surface area (Å²) in [7, 11) is -0.218. The quantitative estimate of drug-likeness (QED) is 0.0464. The Bertz CT molecular complexity index is 643. The van der Waals surface area contributed by atoms with Crippen molar-refractivity contribution in [2.45, 2.75) is 225 Å². The van der Waals surface area contributed by atoms with Gasteiger partial charge < -0.3 is 14.6 Å². The molecule has 0 spiro atoms. The van der Waals surface area contributed by atoms with Gasteiger partial charge in [0.2, 0.25) is 5.91 Å². The molecule has 44 heavy (non-hydrogen) atoms. The van der Waals surface area contributed by atoms with Crippen molar-refractivity contribution < 1.29 is 14.1 Å². The highest BCUT2D eigenvalue weighted by Crippen LogP contribution is 2.17. The lowest BCUT2D eigenvalue weighted by Gasteiger charge is -2.33. The average molecular weight is 618 g/mol. The van der Waals surface area contributed by atoms with E-state index in [0.717, 1.165) is 19.3 Å². The summed E-state index contributed by atoms with van der Waals surface area (Å²) < 4.78 is 11.7. The first-order valence-electron chi connectivity index (χ1n) is 19.9. The summed E-state index contributed by atoms with van der Waals surface area (Å²) in [4.78, 5) is 12.6. The van der Waals surface area contributed by atoms with Crippen molar-refractivity contribution in [1.29, 1.82) is 0 Å². The topological polar surface area (TPSA) is 47.6 Å². The van der Waals surface area contributed by atoms with Crippen LogP contribution in [0.4, 0.5) is 0 Å². The van der Waals surface area contributed by atoms with E-state index in [9.17, 15) is 4.79 Å². The summed E-state index contributed by atoms with van der Waals surface area (Å²) >= 11 is 0. The Balaban J connectivity index is 2.00. The zero-order valence-electron chi connectivity index (χ0n) is 30.0. The first-order valence-corrected chi connectivity index (χ1v) is 19.9. The maximum absolute atomic E-state index is 12.6. The lowest BCUT2D eigenvalue weighted by molar-refractivity contribution is -0.123. The molecule has 0 aromatic rings. The van der Waals surface area contributed by atoms with Crippen LogP contribution in [-0.2, 0) is 14.1 Å². The molecule has 5 heteroatoms. The second-order valence-corrected chi connectivity index (χ2v) is 13.8. The number of hydrogen-bond donors (Lipinski definition) is 1. The summed E-state index contributed by atoms with van der Waals surface area (Å²) in [6.07, 6.45) is 44.2. The number of rotatable bonds is 32. The van der Waals surface area contributed by atoms with Crippen LogP contribution < -0.4 is 5.32 Å². The number of amides is 1. The summed E-state index contributed by atoms with van der Waals surface area (Å²) in [6, 6.07) is -0.0852. The van der Waals surface area contributed by atoms with Crippen molar-refractivity contribution in [3.63, 3.8) is 0 Å². The Kier molecular flexibility index (Phi) is 30.1. The molecule has 258 valence electrons. The zero-order valence-corrected chi connectivity index (χ0v) is 30.0. The van der Waals surface area contributed by atoms with Crippen molar-refractivity contribution in [1.82, 2.24) is 5.32 Å². The number of allylic oxidation sites excluding steroid dienone is 1. The van der Waals surface area contributed by atoms with Gasteiger partial charge in [0, 0.05) is 6.42 Å². The van der Waals surface area contributed by atoms with Crippen molar-refractivity contribution in [3.8, 4) is 0 Å². The van der Waals surface area contributed by atoms with Gasteiger partial charge in [-0.1, -0.05) is 193 Å². The Morgan fingerprint density at radius 1 is 0.614 bits per heavy atom. The normalized spacial score (nSPS) is 17.1. The minimum atomic E-state index is -0.218. The van der Waals surface area contributed by atoms with Gasteiger partial charge in [0.1, 0.15) is 0 Å². The minimum Gasteiger partial charge on any atom is -0.409 e. The second kappa shape index (κ2) is 32.1. The van der Waals surface area contributed by atoms with Crippen LogP contribution in [-0.4, -0.2) is 31.8 Å². The Labute approximate surface area is 276 Å². The molecular formula is C39H76BNO3. The van der Waals surface area contributed by atoms with Gasteiger partial charge in [-0.05, 0) is 26.1 Å². The van der Waals surface area contributed by atoms with Gasteiger partial charge in [0.15, 0.2) is 0 Å². The van der Waals surface area contributed by atoms with Crippen molar-refractivity contribution >= 4 is 13.0 Å². The van der Waals surface area contributed by atoms with Crippen LogP contribution in [0.2, 0.25) is 6.82 Å². The summed E-state index contributed by atoms with van der Waals surface area (Å²) in [5, 5.41) is 3.20. The molecule has 1 amide bonds. The lowest BCUT2D eigenvalue weighted by atomic mass is 9.90. The minimum absolute atomic E-state index is 0.0852. The Morgan fingerprint density at radius 3 is 1.43 bits per heavy atom. The third-order valence-electron chi connectivity index (χ3n) is 9.41. The molecule has 1 N–H and O–H groups in total. The third kappa shape index (κ3) is 26.4. The van der Waals surface area contributed by atoms with Gasteiger partial charge in [-0.15, -0.1) is 0 Å². The number of unbranched alkanes of at least 4 members (excludes halogenated alkanes) is 27. The predicted octanol–water partition coefficient (Wildman–Crippen LogP) is 12.3. The van der Waals surface area contributed by atoms with Crippen molar-refractivity contribution in [2.75, 3.05) is 6.61 Å². The van der Waals surface area contributed by atoms with Crippen LogP contribution in [0.1, 0.15) is 206 Å². The number of hydrogen-bond acceptors (Lipinski definition) is 3. The standard InChI is InChI=1S/C39H76BNO3/c1-4-6-8-10-12-14-16-18-20-22-24-26-28-30-32-34-38-37(36-43-40(3)44-38)41-39(42)35-33-31-29-27-25-23-21-19-17-15-13-11-9-7-5-2/h32,34,37-38H,4-31,33,35-36H2,1-3H3,(H,41,42)/b34-32+/t37-,38?/m0/s1. The fourth-order valence-electron chi connectivity index (χ4n) is 6.44. The van der Waals surface area contributed by atoms with E-state index in [-0.39, 0.29) is 25.2 Å². The molecular weight excluding hydrogens is 541 g/mol. The molecule has 1 saturated heterocycles. The fourth-order valence-corrected chi connectivity index (χ4v) is 6.44. The third-order valence-corrected chi connectivity index (χ3v) is 9.41. The van der Waals surface area contributed by atoms with Crippen LogP contribution >= 0.6 is 0 Å². The predicted molar refractivity (Wildman–Crippen MR) is 193 cm³/mol. The van der Waals surface area contributed by atoms with E-state index in [1.807, 2.05) is 6.82 Å². The van der Waals surface area contributed by atoms with Crippen LogP contribution in [0.25, 0.3) is 0 Å². The van der Waals surface area contributed by atoms with E-state index in [1.165, 1.54) is 167 Å². The largest absolute Gasteiger partial charge is 0.454 e. The summed E-state index contributed by atoms with van der Waals surface area (Å²) in [5.41, 5.74) is 0. The maximum atomic E-state index is 12.6. The smallest absolute Gasteiger partial charge is 0.409 e. The molecule has 4 nitrogen and oxygen atoms in total. The van der Waals surface area contributed by atoms with E-state index < -0.39 is 0 Å². The molecule has 1 aliphatic rings. The molecule has 1 unspecified atom stereocenters. The SMILES string of the molecule is CCCCCCCCCCCCCCC/C=C/C1OB(C)OC[C@@H]1NC(=O)CCCCCCCCCCCCCCCCC. The molecule has 0 bridgehead atoms. The number of carbonyl (C=O) groups is 1. The molecule has 1 heterocycles. The van der Waals surface area contributed by atoms with Gasteiger partial charge >= 0.3 is 7.12 Å². The van der Waals surface area contributed by atoms with Crippen LogP contribution in [0.3, 0.4) is 0 Å². The highest BCUT2D eigenvalue weighted by Gasteiger charge is 2.31. The molecule has 0 aromatic carbocycles. The molecule has 1 rings (SSSR count). The zero-order chi connectivity index (χ0) is 31.8. The maximum Gasteiger partial charge on any atom is 0.454 e. The average Bonchev–Trinajstić information content (AvgIpc) is 3.02. The van der Waals surface area contributed by atoms with E-state index >= 15 is 0 Å². The van der Waals surface area contributed by atoms with Gasteiger partial charge in [-0.2, -0.15) is 0 Å². The monoisotopic (exact) mass is 618 g/mol. The highest BCUT2D eigenvalue weighted by atomic mass is 16.6. The highest BCUT2D eigenvalue weighted by molar-refractivity contribution is 6.42. The first kappa shape index (κ1) is 41.2. The van der Waals surface area contributed by atoms with E-state index in [4.69, 9.17) is 9.31 Å². The molecule has 1 fully saturated rings. The van der Waals surface area contributed by atoms with Gasteiger partial charge in [-0.3, -0.25) is 4.79 Å². The summed E-state index contributed by atoms with van der Waals surface area (Å²) in [5.74, 6) is 0.140. The van der Waals surface area contributed by atoms with Crippen LogP contribution in [0, 0.1) is 0 Å². The molecule has 0 aliphatic carbocycles. The van der Waals surface area contributed by atoms with Gasteiger partial charge in [0.25, 0.3) is 0 Å². The second-order valence-electron chi connectivity index (χ2n) is 13.8. The number of carbonyl (C=O) groups excluding carboxylic acids is 1. The first-order chi connectivity index (χ1) is 21.7. The fraction of sp³-hybridized carbons (Fsp3) is 0.923. The van der Waals surface area contributed by atoms with E-state index in [2.05, 4.69) is 31.3 Å². The molecule has 0 aromatic heterocycles. The molecule has 2 atom stereocenters. The van der Waals surface area contributed by atoms with Crippen LogP contribution in [0.15, 0.2) is 12.2 Å². The van der Waals surface area contributed by atoms with Crippen molar-refractivity contribution in [3.05, 3.63) is 12.2 Å².